The number of nitrogens with two attached hydrogens (primary N) is 1. The second kappa shape index (κ2) is 7.09. The maximum Gasteiger partial charge on any atom is 0.257 e. The van der Waals surface area contributed by atoms with Crippen molar-refractivity contribution in [1.82, 2.24) is 5.32 Å². The number of ether oxygens (including phenoxy) is 1. The van der Waals surface area contributed by atoms with E-state index in [1.807, 2.05) is 32.9 Å². The third kappa shape index (κ3) is 4.52. The lowest BCUT2D eigenvalue weighted by molar-refractivity contribution is -0.123. The number of thiocarbonyl (C=S) groups is 1. The molecule has 0 saturated carbocycles. The molecular formula is C14H20N2O2S. The number of benzene rings is 1. The van der Waals surface area contributed by atoms with Gasteiger partial charge < -0.3 is 15.8 Å². The van der Waals surface area contributed by atoms with Gasteiger partial charge in [-0.1, -0.05) is 19.1 Å². The summed E-state index contributed by atoms with van der Waals surface area (Å²) in [5.74, 6) is 0.603. The van der Waals surface area contributed by atoms with Gasteiger partial charge in [-0.25, -0.2) is 0 Å². The largest absolute Gasteiger partial charge is 0.483 e. The minimum Gasteiger partial charge on any atom is -0.483 e. The zero-order valence-electron chi connectivity index (χ0n) is 11.6. The van der Waals surface area contributed by atoms with Gasteiger partial charge >= 0.3 is 0 Å². The molecule has 0 atom stereocenters. The van der Waals surface area contributed by atoms with E-state index in [2.05, 4.69) is 5.32 Å². The van der Waals surface area contributed by atoms with Crippen molar-refractivity contribution in [2.75, 3.05) is 13.2 Å². The summed E-state index contributed by atoms with van der Waals surface area (Å²) in [6.07, 6.45) is 0.909. The van der Waals surface area contributed by atoms with Crippen LogP contribution >= 0.6 is 12.2 Å². The van der Waals surface area contributed by atoms with E-state index in [0.29, 0.717) is 17.3 Å². The van der Waals surface area contributed by atoms with Gasteiger partial charge in [-0.05, 0) is 43.5 Å². The minimum absolute atomic E-state index is 0.0219. The van der Waals surface area contributed by atoms with Crippen molar-refractivity contribution in [3.05, 3.63) is 28.8 Å². The lowest BCUT2D eigenvalue weighted by atomic mass is 10.1. The fourth-order valence-corrected chi connectivity index (χ4v) is 1.89. The average Bonchev–Trinajstić information content (AvgIpc) is 2.34. The number of carbonyl (C=O) groups excluding carboxylic acids is 1. The van der Waals surface area contributed by atoms with E-state index >= 15 is 0 Å². The Hall–Kier alpha value is -1.62. The van der Waals surface area contributed by atoms with E-state index in [4.69, 9.17) is 22.7 Å². The Balaban J connectivity index is 2.74. The number of nitrogens with one attached hydrogen (secondary N) is 1. The highest BCUT2D eigenvalue weighted by Crippen LogP contribution is 2.24. The first-order chi connectivity index (χ1) is 8.95. The second-order valence-electron chi connectivity index (χ2n) is 4.44. The molecular weight excluding hydrogens is 260 g/mol. The molecule has 104 valence electrons. The zero-order chi connectivity index (χ0) is 14.4. The van der Waals surface area contributed by atoms with Crippen LogP contribution in [-0.4, -0.2) is 24.0 Å². The molecule has 0 unspecified atom stereocenters. The van der Waals surface area contributed by atoms with Crippen molar-refractivity contribution in [3.8, 4) is 5.75 Å². The van der Waals surface area contributed by atoms with Crippen molar-refractivity contribution >= 4 is 23.1 Å². The summed E-state index contributed by atoms with van der Waals surface area (Å²) in [6, 6.07) is 3.74. The number of rotatable bonds is 6. The molecule has 1 amide bonds. The number of carbonyl (C=O) groups is 1. The quantitative estimate of drug-likeness (QED) is 0.781. The molecule has 5 heteroatoms. The van der Waals surface area contributed by atoms with E-state index in [0.717, 1.165) is 23.1 Å². The maximum absolute atomic E-state index is 11.5. The molecule has 0 saturated heterocycles. The molecule has 3 N–H and O–H groups in total. The molecule has 0 radical (unpaired) electrons. The molecule has 4 nitrogen and oxygen atoms in total. The lowest BCUT2D eigenvalue weighted by Gasteiger charge is -2.13. The van der Waals surface area contributed by atoms with Crippen LogP contribution in [0.5, 0.6) is 5.75 Å². The Labute approximate surface area is 119 Å². The molecule has 0 aliphatic rings. The van der Waals surface area contributed by atoms with Crippen molar-refractivity contribution in [3.63, 3.8) is 0 Å². The zero-order valence-corrected chi connectivity index (χ0v) is 12.4. The summed E-state index contributed by atoms with van der Waals surface area (Å²) in [5.41, 5.74) is 8.26. The molecule has 1 aromatic carbocycles. The first-order valence-corrected chi connectivity index (χ1v) is 6.67. The van der Waals surface area contributed by atoms with E-state index in [-0.39, 0.29) is 12.5 Å². The molecule has 0 aliphatic heterocycles. The molecule has 1 aromatic rings. The van der Waals surface area contributed by atoms with E-state index in [9.17, 15) is 4.79 Å². The van der Waals surface area contributed by atoms with Crippen molar-refractivity contribution in [2.24, 2.45) is 5.73 Å². The highest BCUT2D eigenvalue weighted by molar-refractivity contribution is 7.80. The minimum atomic E-state index is -0.112. The number of amides is 1. The molecule has 0 bridgehead atoms. The average molecular weight is 280 g/mol. The summed E-state index contributed by atoms with van der Waals surface area (Å²) in [6.45, 7) is 6.51. The summed E-state index contributed by atoms with van der Waals surface area (Å²) in [7, 11) is 0. The monoisotopic (exact) mass is 280 g/mol. The van der Waals surface area contributed by atoms with Crippen molar-refractivity contribution < 1.29 is 9.53 Å². The maximum atomic E-state index is 11.5. The van der Waals surface area contributed by atoms with E-state index < -0.39 is 0 Å². The summed E-state index contributed by atoms with van der Waals surface area (Å²) < 4.78 is 5.57. The van der Waals surface area contributed by atoms with Gasteiger partial charge in [0.05, 0.1) is 0 Å². The molecule has 1 rings (SSSR count). The molecule has 0 fully saturated rings. The third-order valence-electron chi connectivity index (χ3n) is 2.66. The standard InChI is InChI=1S/C14H20N2O2S/c1-4-5-16-12(17)8-18-13-9(2)6-11(14(15)19)7-10(13)3/h6-7H,4-5,8H2,1-3H3,(H2,15,19)(H,16,17). The predicted octanol–water partition coefficient (Wildman–Crippen LogP) is 1.84. The summed E-state index contributed by atoms with van der Waals surface area (Å²) >= 11 is 4.95. The van der Waals surface area contributed by atoms with Crippen LogP contribution in [0.2, 0.25) is 0 Å². The molecule has 0 heterocycles. The van der Waals surface area contributed by atoms with Gasteiger partial charge in [0, 0.05) is 12.1 Å². The van der Waals surface area contributed by atoms with E-state index in [1.165, 1.54) is 0 Å². The predicted molar refractivity (Wildman–Crippen MR) is 80.6 cm³/mol. The van der Waals surface area contributed by atoms with Crippen LogP contribution in [0.25, 0.3) is 0 Å². The van der Waals surface area contributed by atoms with Crippen LogP contribution in [0.3, 0.4) is 0 Å². The number of aryl methyl sites for hydroxylation is 2. The Morgan fingerprint density at radius 3 is 2.42 bits per heavy atom. The Morgan fingerprint density at radius 1 is 1.37 bits per heavy atom. The molecule has 0 spiro atoms. The van der Waals surface area contributed by atoms with Gasteiger partial charge in [-0.15, -0.1) is 0 Å². The fraction of sp³-hybridized carbons (Fsp3) is 0.429. The van der Waals surface area contributed by atoms with Gasteiger partial charge in [-0.3, -0.25) is 4.79 Å². The van der Waals surface area contributed by atoms with Crippen LogP contribution in [0, 0.1) is 13.8 Å². The van der Waals surface area contributed by atoms with Gasteiger partial charge in [-0.2, -0.15) is 0 Å². The number of hydrogen-bond acceptors (Lipinski definition) is 3. The van der Waals surface area contributed by atoms with Crippen molar-refractivity contribution in [2.45, 2.75) is 27.2 Å². The van der Waals surface area contributed by atoms with E-state index in [1.54, 1.807) is 0 Å². The van der Waals surface area contributed by atoms with Crippen molar-refractivity contribution in [1.29, 1.82) is 0 Å². The number of hydrogen-bond donors (Lipinski definition) is 2. The first kappa shape index (κ1) is 15.4. The van der Waals surface area contributed by atoms with Gasteiger partial charge in [0.2, 0.25) is 0 Å². The summed E-state index contributed by atoms with van der Waals surface area (Å²) in [5, 5.41) is 2.77. The molecule has 0 aliphatic carbocycles. The van der Waals surface area contributed by atoms with Gasteiger partial charge in [0.25, 0.3) is 5.91 Å². The normalized spacial score (nSPS) is 10.1. The summed E-state index contributed by atoms with van der Waals surface area (Å²) in [4.78, 5) is 11.9. The first-order valence-electron chi connectivity index (χ1n) is 6.26. The Morgan fingerprint density at radius 2 is 1.95 bits per heavy atom. The van der Waals surface area contributed by atoms with Crippen LogP contribution in [-0.2, 0) is 4.79 Å². The SMILES string of the molecule is CCCNC(=O)COc1c(C)cc(C(N)=S)cc1C. The molecule has 0 aromatic heterocycles. The van der Waals surface area contributed by atoms with Crippen LogP contribution < -0.4 is 15.8 Å². The fourth-order valence-electron chi connectivity index (χ4n) is 1.77. The highest BCUT2D eigenvalue weighted by Gasteiger charge is 2.09. The highest BCUT2D eigenvalue weighted by atomic mass is 32.1. The van der Waals surface area contributed by atoms with Gasteiger partial charge in [0.15, 0.2) is 6.61 Å². The van der Waals surface area contributed by atoms with Crippen LogP contribution in [0.1, 0.15) is 30.0 Å². The second-order valence-corrected chi connectivity index (χ2v) is 4.88. The Bertz CT molecular complexity index is 463. The van der Waals surface area contributed by atoms with Crippen LogP contribution in [0.15, 0.2) is 12.1 Å². The van der Waals surface area contributed by atoms with Gasteiger partial charge in [0.1, 0.15) is 10.7 Å². The molecule has 19 heavy (non-hydrogen) atoms. The smallest absolute Gasteiger partial charge is 0.257 e. The lowest BCUT2D eigenvalue weighted by Crippen LogP contribution is -2.29. The topological polar surface area (TPSA) is 64.3 Å². The third-order valence-corrected chi connectivity index (χ3v) is 2.90. The Kier molecular flexibility index (Phi) is 5.76. The van der Waals surface area contributed by atoms with Crippen LogP contribution in [0.4, 0.5) is 0 Å².